The monoisotopic (exact) mass is 472 g/mol. The molecule has 3 rings (SSSR count). The second-order valence-electron chi connectivity index (χ2n) is 6.23. The summed E-state index contributed by atoms with van der Waals surface area (Å²) in [6, 6.07) is 8.94. The number of pyridine rings is 1. The van der Waals surface area contributed by atoms with Crippen LogP contribution in [0.2, 0.25) is 5.02 Å². The number of anilines is 1. The predicted molar refractivity (Wildman–Crippen MR) is 110 cm³/mol. The van der Waals surface area contributed by atoms with Crippen LogP contribution in [0.15, 0.2) is 42.6 Å². The molecule has 0 spiro atoms. The lowest BCUT2D eigenvalue weighted by atomic mass is 10.1. The standard InChI is InChI=1S/C19H16ClF3N4O3S/c20-12-3-1-2-11(8-12)16-15(31-17(27-16)19(21,22)23)10-25-18(28)26-14-5-4-13(24-9-14)6-7-30-29/h1-5,8-9,29H,6-7,10H2,(H2,25,26,28). The zero-order chi connectivity index (χ0) is 22.4. The predicted octanol–water partition coefficient (Wildman–Crippen LogP) is 5.23. The highest BCUT2D eigenvalue weighted by molar-refractivity contribution is 7.12. The van der Waals surface area contributed by atoms with Crippen molar-refractivity contribution >= 4 is 34.7 Å². The highest BCUT2D eigenvalue weighted by atomic mass is 35.5. The number of aromatic nitrogens is 2. The van der Waals surface area contributed by atoms with E-state index in [0.29, 0.717) is 39.7 Å². The molecule has 0 aliphatic heterocycles. The lowest BCUT2D eigenvalue weighted by Crippen LogP contribution is -2.28. The molecule has 0 unspecified atom stereocenters. The van der Waals surface area contributed by atoms with Gasteiger partial charge in [-0.1, -0.05) is 23.7 Å². The first-order valence-corrected chi connectivity index (χ1v) is 10.0. The van der Waals surface area contributed by atoms with Crippen LogP contribution in [0.1, 0.15) is 15.6 Å². The molecule has 2 aromatic heterocycles. The summed E-state index contributed by atoms with van der Waals surface area (Å²) in [6.45, 7) is -0.0786. The third kappa shape index (κ3) is 6.37. The third-order valence-electron chi connectivity index (χ3n) is 3.98. The van der Waals surface area contributed by atoms with Crippen LogP contribution in [-0.4, -0.2) is 27.9 Å². The smallest absolute Gasteiger partial charge is 0.333 e. The second kappa shape index (κ2) is 10.1. The maximum atomic E-state index is 13.2. The first-order chi connectivity index (χ1) is 14.8. The van der Waals surface area contributed by atoms with Crippen LogP contribution >= 0.6 is 22.9 Å². The molecule has 2 amide bonds. The van der Waals surface area contributed by atoms with Gasteiger partial charge in [0.15, 0.2) is 5.01 Å². The maximum absolute atomic E-state index is 13.2. The van der Waals surface area contributed by atoms with Crippen molar-refractivity contribution in [2.45, 2.75) is 19.1 Å². The molecule has 0 saturated carbocycles. The Morgan fingerprint density at radius 2 is 2.06 bits per heavy atom. The van der Waals surface area contributed by atoms with Crippen LogP contribution in [0.4, 0.5) is 23.7 Å². The first kappa shape index (κ1) is 22.9. The van der Waals surface area contributed by atoms with E-state index >= 15 is 0 Å². The van der Waals surface area contributed by atoms with Crippen molar-refractivity contribution in [1.82, 2.24) is 15.3 Å². The molecule has 0 bridgehead atoms. The average Bonchev–Trinajstić information content (AvgIpc) is 3.17. The van der Waals surface area contributed by atoms with E-state index in [2.05, 4.69) is 25.5 Å². The fraction of sp³-hybridized carbons (Fsp3) is 0.211. The fourth-order valence-electron chi connectivity index (χ4n) is 2.59. The molecule has 0 fully saturated rings. The van der Waals surface area contributed by atoms with Gasteiger partial charge in [-0.15, -0.1) is 11.3 Å². The lowest BCUT2D eigenvalue weighted by Gasteiger charge is -2.08. The number of carbonyl (C=O) groups is 1. The zero-order valence-electron chi connectivity index (χ0n) is 15.7. The van der Waals surface area contributed by atoms with Crippen LogP contribution in [0, 0.1) is 0 Å². The molecule has 31 heavy (non-hydrogen) atoms. The SMILES string of the molecule is O=C(NCc1sc(C(F)(F)F)nc1-c1cccc(Cl)c1)Nc1ccc(CCOO)nc1. The number of nitrogens with one attached hydrogen (secondary N) is 2. The number of alkyl halides is 3. The third-order valence-corrected chi connectivity index (χ3v) is 5.31. The number of amides is 2. The largest absolute Gasteiger partial charge is 0.443 e. The minimum absolute atomic E-state index is 0.0873. The van der Waals surface area contributed by atoms with Crippen molar-refractivity contribution in [3.8, 4) is 11.3 Å². The maximum Gasteiger partial charge on any atom is 0.443 e. The number of nitrogens with zero attached hydrogens (tertiary/aromatic N) is 2. The number of benzene rings is 1. The molecular formula is C19H16ClF3N4O3S. The summed E-state index contributed by atoms with van der Waals surface area (Å²) in [4.78, 5) is 24.2. The van der Waals surface area contributed by atoms with Crippen LogP contribution in [0.5, 0.6) is 0 Å². The first-order valence-electron chi connectivity index (χ1n) is 8.85. The Kier molecular flexibility index (Phi) is 7.44. The van der Waals surface area contributed by atoms with Gasteiger partial charge >= 0.3 is 12.2 Å². The van der Waals surface area contributed by atoms with Crippen molar-refractivity contribution < 1.29 is 28.1 Å². The summed E-state index contributed by atoms with van der Waals surface area (Å²) < 4.78 is 39.5. The van der Waals surface area contributed by atoms with Gasteiger partial charge < -0.3 is 10.6 Å². The van der Waals surface area contributed by atoms with E-state index in [1.165, 1.54) is 12.3 Å². The van der Waals surface area contributed by atoms with Crippen LogP contribution in [0.3, 0.4) is 0 Å². The van der Waals surface area contributed by atoms with Crippen molar-refractivity contribution in [3.63, 3.8) is 0 Å². The van der Waals surface area contributed by atoms with E-state index in [0.717, 1.165) is 0 Å². The molecule has 0 atom stereocenters. The molecule has 7 nitrogen and oxygen atoms in total. The van der Waals surface area contributed by atoms with Gasteiger partial charge in [-0.3, -0.25) is 10.2 Å². The van der Waals surface area contributed by atoms with Crippen molar-refractivity contribution in [3.05, 3.63) is 63.2 Å². The summed E-state index contributed by atoms with van der Waals surface area (Å²) in [7, 11) is 0. The molecular weight excluding hydrogens is 457 g/mol. The van der Waals surface area contributed by atoms with Gasteiger partial charge in [0.2, 0.25) is 0 Å². The van der Waals surface area contributed by atoms with E-state index in [1.807, 2.05) is 0 Å². The Morgan fingerprint density at radius 3 is 2.71 bits per heavy atom. The number of hydrogen-bond acceptors (Lipinski definition) is 6. The summed E-state index contributed by atoms with van der Waals surface area (Å²) in [6.07, 6.45) is -2.80. The molecule has 0 aliphatic carbocycles. The summed E-state index contributed by atoms with van der Waals surface area (Å²) in [5.41, 5.74) is 1.57. The van der Waals surface area contributed by atoms with Crippen LogP contribution in [0.25, 0.3) is 11.3 Å². The topological polar surface area (TPSA) is 96.4 Å². The summed E-state index contributed by atoms with van der Waals surface area (Å²) >= 11 is 6.41. The molecule has 3 N–H and O–H groups in total. The number of carbonyl (C=O) groups excluding carboxylic acids is 1. The van der Waals surface area contributed by atoms with Crippen LogP contribution in [-0.2, 0) is 24.0 Å². The number of urea groups is 1. The molecule has 12 heteroatoms. The molecule has 0 saturated heterocycles. The van der Waals surface area contributed by atoms with E-state index in [1.54, 1.807) is 30.3 Å². The zero-order valence-corrected chi connectivity index (χ0v) is 17.3. The molecule has 3 aromatic rings. The number of thiazole rings is 1. The molecule has 2 heterocycles. The van der Waals surface area contributed by atoms with E-state index in [9.17, 15) is 18.0 Å². The molecule has 1 aromatic carbocycles. The fourth-order valence-corrected chi connectivity index (χ4v) is 3.67. The van der Waals surface area contributed by atoms with Gasteiger partial charge in [0.1, 0.15) is 0 Å². The van der Waals surface area contributed by atoms with Gasteiger partial charge in [-0.2, -0.15) is 13.2 Å². The Morgan fingerprint density at radius 1 is 1.26 bits per heavy atom. The number of halogens is 4. The summed E-state index contributed by atoms with van der Waals surface area (Å²) in [5, 5.41) is 12.8. The molecule has 0 radical (unpaired) electrons. The Labute approximate surface area is 183 Å². The van der Waals surface area contributed by atoms with Gasteiger partial charge in [-0.25, -0.2) is 14.7 Å². The van der Waals surface area contributed by atoms with Gasteiger partial charge in [0.25, 0.3) is 0 Å². The van der Waals surface area contributed by atoms with Crippen molar-refractivity contribution in [1.29, 1.82) is 0 Å². The Hall–Kier alpha value is -2.73. The van der Waals surface area contributed by atoms with E-state index < -0.39 is 17.2 Å². The minimum Gasteiger partial charge on any atom is -0.333 e. The Bertz CT molecular complexity index is 1040. The summed E-state index contributed by atoms with van der Waals surface area (Å²) in [5.74, 6) is 0. The van der Waals surface area contributed by atoms with Crippen LogP contribution < -0.4 is 10.6 Å². The Balaban J connectivity index is 1.70. The normalized spacial score (nSPS) is 11.4. The molecule has 164 valence electrons. The van der Waals surface area contributed by atoms with Gasteiger partial charge in [0, 0.05) is 22.7 Å². The number of hydrogen-bond donors (Lipinski definition) is 3. The average molecular weight is 473 g/mol. The minimum atomic E-state index is -4.60. The lowest BCUT2D eigenvalue weighted by molar-refractivity contribution is -0.241. The number of rotatable bonds is 7. The quantitative estimate of drug-likeness (QED) is 0.323. The van der Waals surface area contributed by atoms with E-state index in [-0.39, 0.29) is 23.7 Å². The highest BCUT2D eigenvalue weighted by Gasteiger charge is 2.36. The van der Waals surface area contributed by atoms with Gasteiger partial charge in [0.05, 0.1) is 35.6 Å². The second-order valence-corrected chi connectivity index (χ2v) is 7.75. The van der Waals surface area contributed by atoms with E-state index in [4.69, 9.17) is 16.9 Å². The molecule has 0 aliphatic rings. The highest BCUT2D eigenvalue weighted by Crippen LogP contribution is 2.38. The van der Waals surface area contributed by atoms with Crippen molar-refractivity contribution in [2.75, 3.05) is 11.9 Å². The van der Waals surface area contributed by atoms with Crippen molar-refractivity contribution in [2.24, 2.45) is 0 Å². The van der Waals surface area contributed by atoms with Gasteiger partial charge in [-0.05, 0) is 24.3 Å².